The van der Waals surface area contributed by atoms with Crippen molar-refractivity contribution in [2.75, 3.05) is 26.3 Å². The Hall–Kier alpha value is -0.570. The molecular formula is C12H21NO2. The van der Waals surface area contributed by atoms with Crippen molar-refractivity contribution in [3.63, 3.8) is 0 Å². The maximum Gasteiger partial charge on any atom is 0.225 e. The SMILES string of the molecule is CC(C(=O)N1CCOCC1)C1CCCC1. The summed E-state index contributed by atoms with van der Waals surface area (Å²) in [6.45, 7) is 5.10. The van der Waals surface area contributed by atoms with E-state index in [9.17, 15) is 4.79 Å². The molecule has 1 unspecified atom stereocenters. The Balaban J connectivity index is 1.87. The van der Waals surface area contributed by atoms with Crippen molar-refractivity contribution in [3.05, 3.63) is 0 Å². The molecule has 2 rings (SSSR count). The van der Waals surface area contributed by atoms with Gasteiger partial charge in [-0.3, -0.25) is 4.79 Å². The molecule has 15 heavy (non-hydrogen) atoms. The number of ether oxygens (including phenoxy) is 1. The van der Waals surface area contributed by atoms with Crippen LogP contribution in [0.2, 0.25) is 0 Å². The zero-order chi connectivity index (χ0) is 10.7. The standard InChI is InChI=1S/C12H21NO2/c1-10(11-4-2-3-5-11)12(14)13-6-8-15-9-7-13/h10-11H,2-9H2,1H3. The third-order valence-electron chi connectivity index (χ3n) is 3.82. The van der Waals surface area contributed by atoms with Gasteiger partial charge in [0.25, 0.3) is 0 Å². The molecule has 0 aromatic heterocycles. The smallest absolute Gasteiger partial charge is 0.225 e. The van der Waals surface area contributed by atoms with Crippen molar-refractivity contribution in [1.82, 2.24) is 4.90 Å². The number of amides is 1. The van der Waals surface area contributed by atoms with Gasteiger partial charge >= 0.3 is 0 Å². The number of nitrogens with zero attached hydrogens (tertiary/aromatic N) is 1. The Kier molecular flexibility index (Phi) is 3.62. The summed E-state index contributed by atoms with van der Waals surface area (Å²) in [5.41, 5.74) is 0. The van der Waals surface area contributed by atoms with E-state index in [0.717, 1.165) is 13.1 Å². The first-order valence-electron chi connectivity index (χ1n) is 6.15. The third-order valence-corrected chi connectivity index (χ3v) is 3.82. The summed E-state index contributed by atoms with van der Waals surface area (Å²) in [6, 6.07) is 0. The predicted molar refractivity (Wildman–Crippen MR) is 58.5 cm³/mol. The molecule has 1 amide bonds. The van der Waals surface area contributed by atoms with Crippen LogP contribution in [0.25, 0.3) is 0 Å². The van der Waals surface area contributed by atoms with Crippen molar-refractivity contribution < 1.29 is 9.53 Å². The Morgan fingerprint density at radius 1 is 1.27 bits per heavy atom. The van der Waals surface area contributed by atoms with E-state index < -0.39 is 0 Å². The summed E-state index contributed by atoms with van der Waals surface area (Å²) in [6.07, 6.45) is 5.12. The molecule has 0 N–H and O–H groups in total. The molecule has 86 valence electrons. The largest absolute Gasteiger partial charge is 0.378 e. The molecule has 1 atom stereocenters. The van der Waals surface area contributed by atoms with Crippen LogP contribution in [0.5, 0.6) is 0 Å². The number of rotatable bonds is 2. The van der Waals surface area contributed by atoms with Crippen LogP contribution in [-0.4, -0.2) is 37.1 Å². The number of carbonyl (C=O) groups is 1. The Labute approximate surface area is 91.8 Å². The second kappa shape index (κ2) is 4.97. The normalized spacial score (nSPS) is 25.5. The first-order chi connectivity index (χ1) is 7.29. The molecule has 3 heteroatoms. The van der Waals surface area contributed by atoms with Crippen molar-refractivity contribution in [1.29, 1.82) is 0 Å². The van der Waals surface area contributed by atoms with E-state index in [0.29, 0.717) is 25.0 Å². The molecule has 1 aliphatic carbocycles. The van der Waals surface area contributed by atoms with Gasteiger partial charge in [-0.15, -0.1) is 0 Å². The van der Waals surface area contributed by atoms with Crippen LogP contribution >= 0.6 is 0 Å². The van der Waals surface area contributed by atoms with Gasteiger partial charge in [0.05, 0.1) is 13.2 Å². The highest BCUT2D eigenvalue weighted by Gasteiger charge is 2.30. The summed E-state index contributed by atoms with van der Waals surface area (Å²) in [5.74, 6) is 1.22. The van der Waals surface area contributed by atoms with Crippen molar-refractivity contribution >= 4 is 5.91 Å². The van der Waals surface area contributed by atoms with Crippen LogP contribution < -0.4 is 0 Å². The molecule has 0 bridgehead atoms. The first-order valence-corrected chi connectivity index (χ1v) is 6.15. The molecule has 2 fully saturated rings. The van der Waals surface area contributed by atoms with Gasteiger partial charge in [0, 0.05) is 19.0 Å². The average Bonchev–Trinajstić information content (AvgIpc) is 2.82. The maximum absolute atomic E-state index is 12.2. The second-order valence-electron chi connectivity index (χ2n) is 4.77. The monoisotopic (exact) mass is 211 g/mol. The van der Waals surface area contributed by atoms with E-state index in [-0.39, 0.29) is 5.92 Å². The van der Waals surface area contributed by atoms with Crippen LogP contribution in [0.1, 0.15) is 32.6 Å². The predicted octanol–water partition coefficient (Wildman–Crippen LogP) is 1.67. The van der Waals surface area contributed by atoms with E-state index in [4.69, 9.17) is 4.74 Å². The molecule has 1 heterocycles. The molecule has 0 spiro atoms. The van der Waals surface area contributed by atoms with Crippen LogP contribution in [0.4, 0.5) is 0 Å². The minimum Gasteiger partial charge on any atom is -0.378 e. The highest BCUT2D eigenvalue weighted by molar-refractivity contribution is 5.78. The van der Waals surface area contributed by atoms with Gasteiger partial charge in [-0.05, 0) is 18.8 Å². The third kappa shape index (κ3) is 2.51. The van der Waals surface area contributed by atoms with E-state index in [1.54, 1.807) is 0 Å². The highest BCUT2D eigenvalue weighted by Crippen LogP contribution is 2.32. The molecule has 0 aromatic rings. The van der Waals surface area contributed by atoms with Gasteiger partial charge in [-0.2, -0.15) is 0 Å². The van der Waals surface area contributed by atoms with Gasteiger partial charge < -0.3 is 9.64 Å². The summed E-state index contributed by atoms with van der Waals surface area (Å²) in [7, 11) is 0. The maximum atomic E-state index is 12.2. The van der Waals surface area contributed by atoms with Gasteiger partial charge in [-0.25, -0.2) is 0 Å². The Morgan fingerprint density at radius 3 is 2.47 bits per heavy atom. The van der Waals surface area contributed by atoms with Gasteiger partial charge in [-0.1, -0.05) is 19.8 Å². The molecule has 3 nitrogen and oxygen atoms in total. The fraction of sp³-hybridized carbons (Fsp3) is 0.917. The molecule has 1 saturated heterocycles. The summed E-state index contributed by atoms with van der Waals surface area (Å²) in [5, 5.41) is 0. The fourth-order valence-electron chi connectivity index (χ4n) is 2.73. The summed E-state index contributed by atoms with van der Waals surface area (Å²) < 4.78 is 5.26. The second-order valence-corrected chi connectivity index (χ2v) is 4.77. The quantitative estimate of drug-likeness (QED) is 0.695. The van der Waals surface area contributed by atoms with Gasteiger partial charge in [0.15, 0.2) is 0 Å². The van der Waals surface area contributed by atoms with Crippen molar-refractivity contribution in [2.45, 2.75) is 32.6 Å². The van der Waals surface area contributed by atoms with Crippen LogP contribution in [0.3, 0.4) is 0 Å². The lowest BCUT2D eigenvalue weighted by molar-refractivity contribution is -0.140. The minimum atomic E-state index is 0.227. The van der Waals surface area contributed by atoms with Crippen LogP contribution in [0.15, 0.2) is 0 Å². The highest BCUT2D eigenvalue weighted by atomic mass is 16.5. The van der Waals surface area contributed by atoms with Crippen molar-refractivity contribution in [2.24, 2.45) is 11.8 Å². The van der Waals surface area contributed by atoms with E-state index in [2.05, 4.69) is 6.92 Å². The molecule has 1 saturated carbocycles. The number of hydrogen-bond donors (Lipinski definition) is 0. The van der Waals surface area contributed by atoms with Crippen molar-refractivity contribution in [3.8, 4) is 0 Å². The first kappa shape index (κ1) is 10.9. The van der Waals surface area contributed by atoms with E-state index >= 15 is 0 Å². The van der Waals surface area contributed by atoms with E-state index in [1.807, 2.05) is 4.90 Å². The molecule has 1 aliphatic heterocycles. The average molecular weight is 211 g/mol. The topological polar surface area (TPSA) is 29.5 Å². The molecule has 0 radical (unpaired) electrons. The molecule has 0 aromatic carbocycles. The molecular weight excluding hydrogens is 190 g/mol. The number of morpholine rings is 1. The Bertz CT molecular complexity index is 218. The van der Waals surface area contributed by atoms with E-state index in [1.165, 1.54) is 25.7 Å². The number of carbonyl (C=O) groups excluding carboxylic acids is 1. The van der Waals surface area contributed by atoms with Crippen LogP contribution in [0, 0.1) is 11.8 Å². The summed E-state index contributed by atoms with van der Waals surface area (Å²) >= 11 is 0. The lowest BCUT2D eigenvalue weighted by Gasteiger charge is -2.31. The lowest BCUT2D eigenvalue weighted by Crippen LogP contribution is -2.44. The zero-order valence-corrected chi connectivity index (χ0v) is 9.58. The van der Waals surface area contributed by atoms with Gasteiger partial charge in [0.1, 0.15) is 0 Å². The fourth-order valence-corrected chi connectivity index (χ4v) is 2.73. The summed E-state index contributed by atoms with van der Waals surface area (Å²) in [4.78, 5) is 14.1. The van der Waals surface area contributed by atoms with Gasteiger partial charge in [0.2, 0.25) is 5.91 Å². The van der Waals surface area contributed by atoms with Crippen LogP contribution in [-0.2, 0) is 9.53 Å². The lowest BCUT2D eigenvalue weighted by atomic mass is 9.91. The zero-order valence-electron chi connectivity index (χ0n) is 9.58. The Morgan fingerprint density at radius 2 is 1.87 bits per heavy atom. The molecule has 2 aliphatic rings. The minimum absolute atomic E-state index is 0.227. The number of hydrogen-bond acceptors (Lipinski definition) is 2.